The van der Waals surface area contributed by atoms with E-state index in [1.807, 2.05) is 4.57 Å². The molecule has 0 aliphatic carbocycles. The summed E-state index contributed by atoms with van der Waals surface area (Å²) in [7, 11) is 0. The van der Waals surface area contributed by atoms with Crippen molar-refractivity contribution in [1.82, 2.24) is 9.55 Å². The van der Waals surface area contributed by atoms with E-state index in [9.17, 15) is 24.6 Å². The van der Waals surface area contributed by atoms with Gasteiger partial charge in [-0.2, -0.15) is 0 Å². The predicted octanol–water partition coefficient (Wildman–Crippen LogP) is 3.53. The summed E-state index contributed by atoms with van der Waals surface area (Å²) < 4.78 is 1.90. The quantitative estimate of drug-likeness (QED) is 0.387. The summed E-state index contributed by atoms with van der Waals surface area (Å²) in [5.74, 6) is -2.57. The molecule has 0 radical (unpaired) electrons. The second-order valence-corrected chi connectivity index (χ2v) is 7.00. The van der Waals surface area contributed by atoms with Crippen LogP contribution >= 0.6 is 0 Å². The zero-order valence-electron chi connectivity index (χ0n) is 16.9. The molecule has 30 heavy (non-hydrogen) atoms. The van der Waals surface area contributed by atoms with Crippen molar-refractivity contribution in [3.05, 3.63) is 41.3 Å². The van der Waals surface area contributed by atoms with E-state index in [1.54, 1.807) is 6.20 Å². The zero-order valence-corrected chi connectivity index (χ0v) is 16.9. The fourth-order valence-corrected chi connectivity index (χ4v) is 3.15. The van der Waals surface area contributed by atoms with Crippen LogP contribution in [0.25, 0.3) is 0 Å². The monoisotopic (exact) mass is 417 g/mol. The highest BCUT2D eigenvalue weighted by Crippen LogP contribution is 2.22. The molecule has 0 fully saturated rings. The van der Waals surface area contributed by atoms with Gasteiger partial charge in [0, 0.05) is 25.6 Å². The van der Waals surface area contributed by atoms with Crippen molar-refractivity contribution in [2.75, 3.05) is 5.32 Å². The number of nitrogens with zero attached hydrogens (tertiary/aromatic N) is 2. The SMILES string of the molecule is CCCCCCn1cc(NC(=O)c2cccc(O)c2C(=O)O)nc1CCCC(=O)O. The highest BCUT2D eigenvalue weighted by atomic mass is 16.4. The van der Waals surface area contributed by atoms with Gasteiger partial charge in [-0.15, -0.1) is 0 Å². The number of unbranched alkanes of at least 4 members (excludes halogenated alkanes) is 3. The molecule has 0 bridgehead atoms. The largest absolute Gasteiger partial charge is 0.507 e. The van der Waals surface area contributed by atoms with Crippen LogP contribution < -0.4 is 5.32 Å². The van der Waals surface area contributed by atoms with E-state index >= 15 is 0 Å². The average Bonchev–Trinajstić information content (AvgIpc) is 3.05. The number of anilines is 1. The van der Waals surface area contributed by atoms with Crippen molar-refractivity contribution in [2.45, 2.75) is 58.4 Å². The van der Waals surface area contributed by atoms with Crippen molar-refractivity contribution in [3.8, 4) is 5.75 Å². The molecular weight excluding hydrogens is 390 g/mol. The van der Waals surface area contributed by atoms with E-state index in [0.717, 1.165) is 25.7 Å². The maximum absolute atomic E-state index is 12.6. The molecule has 0 saturated carbocycles. The number of hydrogen-bond acceptors (Lipinski definition) is 5. The Morgan fingerprint density at radius 1 is 1.10 bits per heavy atom. The summed E-state index contributed by atoms with van der Waals surface area (Å²) in [6.07, 6.45) is 6.76. The Bertz CT molecular complexity index is 906. The molecule has 0 aliphatic heterocycles. The fraction of sp³-hybridized carbons (Fsp3) is 0.429. The number of carboxylic acids is 2. The Balaban J connectivity index is 2.19. The van der Waals surface area contributed by atoms with E-state index in [2.05, 4.69) is 17.2 Å². The van der Waals surface area contributed by atoms with E-state index in [1.165, 1.54) is 18.2 Å². The van der Waals surface area contributed by atoms with Gasteiger partial charge in [-0.3, -0.25) is 9.59 Å². The number of carbonyl (C=O) groups excluding carboxylic acids is 1. The van der Waals surface area contributed by atoms with E-state index in [-0.39, 0.29) is 17.8 Å². The number of aromatic carboxylic acids is 1. The first-order chi connectivity index (χ1) is 14.3. The van der Waals surface area contributed by atoms with Crippen molar-refractivity contribution in [3.63, 3.8) is 0 Å². The third-order valence-corrected chi connectivity index (χ3v) is 4.65. The fourth-order valence-electron chi connectivity index (χ4n) is 3.15. The first kappa shape index (κ1) is 22.9. The summed E-state index contributed by atoms with van der Waals surface area (Å²) in [6.45, 7) is 2.81. The minimum absolute atomic E-state index is 0.0235. The normalized spacial score (nSPS) is 10.7. The Hall–Kier alpha value is -3.36. The van der Waals surface area contributed by atoms with Gasteiger partial charge in [0.05, 0.1) is 5.56 Å². The molecule has 2 rings (SSSR count). The topological polar surface area (TPSA) is 142 Å². The lowest BCUT2D eigenvalue weighted by Gasteiger charge is -2.07. The predicted molar refractivity (Wildman–Crippen MR) is 110 cm³/mol. The zero-order chi connectivity index (χ0) is 22.1. The second kappa shape index (κ2) is 11.0. The van der Waals surface area contributed by atoms with Crippen molar-refractivity contribution in [1.29, 1.82) is 0 Å². The number of rotatable bonds is 12. The first-order valence-electron chi connectivity index (χ1n) is 9.98. The lowest BCUT2D eigenvalue weighted by Crippen LogP contribution is -2.16. The molecule has 0 atom stereocenters. The Morgan fingerprint density at radius 3 is 2.53 bits per heavy atom. The van der Waals surface area contributed by atoms with Crippen LogP contribution in [0.5, 0.6) is 5.75 Å². The summed E-state index contributed by atoms with van der Waals surface area (Å²) >= 11 is 0. The summed E-state index contributed by atoms with van der Waals surface area (Å²) in [4.78, 5) is 39.2. The summed E-state index contributed by atoms with van der Waals surface area (Å²) in [6, 6.07) is 3.90. The third-order valence-electron chi connectivity index (χ3n) is 4.65. The standard InChI is InChI=1S/C21H27N3O6/c1-2-3-4-5-12-24-13-16(22-17(24)10-7-11-18(26)27)23-20(28)14-8-6-9-15(25)19(14)21(29)30/h6,8-9,13,25H,2-5,7,10-12H2,1H3,(H,23,28)(H,26,27)(H,29,30). The van der Waals surface area contributed by atoms with Crippen LogP contribution in [0.3, 0.4) is 0 Å². The van der Waals surface area contributed by atoms with Gasteiger partial charge >= 0.3 is 11.9 Å². The number of carbonyl (C=O) groups is 3. The van der Waals surface area contributed by atoms with Crippen LogP contribution in [0, 0.1) is 0 Å². The minimum Gasteiger partial charge on any atom is -0.507 e. The third kappa shape index (κ3) is 6.33. The van der Waals surface area contributed by atoms with Crippen LogP contribution in [0.2, 0.25) is 0 Å². The van der Waals surface area contributed by atoms with Gasteiger partial charge < -0.3 is 25.2 Å². The molecule has 1 amide bonds. The van der Waals surface area contributed by atoms with Crippen LogP contribution in [0.15, 0.2) is 24.4 Å². The molecule has 0 unspecified atom stereocenters. The second-order valence-electron chi connectivity index (χ2n) is 7.00. The number of aryl methyl sites for hydroxylation is 2. The van der Waals surface area contributed by atoms with Crippen LogP contribution in [-0.2, 0) is 17.8 Å². The van der Waals surface area contributed by atoms with Gasteiger partial charge in [-0.25, -0.2) is 9.78 Å². The van der Waals surface area contributed by atoms with Gasteiger partial charge in [0.15, 0.2) is 5.82 Å². The van der Waals surface area contributed by atoms with E-state index in [4.69, 9.17) is 5.11 Å². The Kier molecular flexibility index (Phi) is 8.40. The summed E-state index contributed by atoms with van der Waals surface area (Å²) in [5.41, 5.74) is -0.650. The lowest BCUT2D eigenvalue weighted by molar-refractivity contribution is -0.137. The van der Waals surface area contributed by atoms with Gasteiger partial charge in [-0.05, 0) is 25.0 Å². The molecule has 9 heteroatoms. The van der Waals surface area contributed by atoms with Crippen LogP contribution in [-0.4, -0.2) is 42.7 Å². The maximum Gasteiger partial charge on any atom is 0.340 e. The molecule has 9 nitrogen and oxygen atoms in total. The highest BCUT2D eigenvalue weighted by molar-refractivity contribution is 6.11. The molecule has 4 N–H and O–H groups in total. The summed E-state index contributed by atoms with van der Waals surface area (Å²) in [5, 5.41) is 30.5. The molecule has 0 saturated heterocycles. The minimum atomic E-state index is -1.41. The van der Waals surface area contributed by atoms with Gasteiger partial charge in [0.25, 0.3) is 5.91 Å². The average molecular weight is 417 g/mol. The van der Waals surface area contributed by atoms with Gasteiger partial charge in [0.2, 0.25) is 0 Å². The molecule has 0 spiro atoms. The van der Waals surface area contributed by atoms with Crippen LogP contribution in [0.4, 0.5) is 5.82 Å². The first-order valence-corrected chi connectivity index (χ1v) is 9.98. The number of imidazole rings is 1. The lowest BCUT2D eigenvalue weighted by atomic mass is 10.1. The Labute approximate surface area is 174 Å². The number of amides is 1. The maximum atomic E-state index is 12.6. The molecule has 2 aromatic rings. The van der Waals surface area contributed by atoms with Crippen molar-refractivity contribution in [2.24, 2.45) is 0 Å². The molecule has 0 aliphatic rings. The van der Waals surface area contributed by atoms with Gasteiger partial charge in [0.1, 0.15) is 17.1 Å². The number of aromatic nitrogens is 2. The van der Waals surface area contributed by atoms with Crippen molar-refractivity contribution < 1.29 is 29.7 Å². The molecule has 1 heterocycles. The number of hydrogen-bond donors (Lipinski definition) is 4. The van der Waals surface area contributed by atoms with Gasteiger partial charge in [-0.1, -0.05) is 32.3 Å². The molecule has 162 valence electrons. The smallest absolute Gasteiger partial charge is 0.340 e. The number of phenols is 1. The Morgan fingerprint density at radius 2 is 1.87 bits per heavy atom. The molecular formula is C21H27N3O6. The number of benzene rings is 1. The number of nitrogens with one attached hydrogen (secondary N) is 1. The highest BCUT2D eigenvalue weighted by Gasteiger charge is 2.21. The number of carboxylic acid groups (broad SMARTS) is 2. The molecule has 1 aromatic carbocycles. The number of aliphatic carboxylic acids is 1. The van der Waals surface area contributed by atoms with E-state index < -0.39 is 29.2 Å². The van der Waals surface area contributed by atoms with E-state index in [0.29, 0.717) is 25.2 Å². The molecule has 1 aromatic heterocycles. The van der Waals surface area contributed by atoms with Crippen molar-refractivity contribution >= 4 is 23.7 Å². The number of aromatic hydroxyl groups is 1. The van der Waals surface area contributed by atoms with Crippen LogP contribution in [0.1, 0.15) is 72.0 Å².